The van der Waals surface area contributed by atoms with Gasteiger partial charge in [0.1, 0.15) is 5.75 Å². The molecule has 0 amide bonds. The first kappa shape index (κ1) is 16.4. The summed E-state index contributed by atoms with van der Waals surface area (Å²) >= 11 is 5.11. The molecule has 4 nitrogen and oxygen atoms in total. The molecule has 2 rings (SSSR count). The molecular weight excluding hydrogens is 356 g/mol. The lowest BCUT2D eigenvalue weighted by molar-refractivity contribution is -0.138. The molecule has 0 bridgehead atoms. The molecule has 6 heteroatoms. The minimum atomic E-state index is -0.895. The molecule has 2 N–H and O–H groups in total. The van der Waals surface area contributed by atoms with Crippen LogP contribution in [-0.4, -0.2) is 35.1 Å². The van der Waals surface area contributed by atoms with Crippen LogP contribution < -0.4 is 4.74 Å². The third-order valence-electron chi connectivity index (χ3n) is 3.47. The Balaban J connectivity index is 2.43. The molecule has 1 fully saturated rings. The lowest BCUT2D eigenvalue weighted by Crippen LogP contribution is -2.09. The number of hydrogen-bond donors (Lipinski definition) is 2. The number of aliphatic hydroxyl groups excluding tert-OH is 1. The highest BCUT2D eigenvalue weighted by Gasteiger charge is 2.22. The normalized spacial score (nSPS) is 21.5. The van der Waals surface area contributed by atoms with Gasteiger partial charge < -0.3 is 14.9 Å². The molecule has 0 spiro atoms. The average molecular weight is 373 g/mol. The maximum atomic E-state index is 11.2. The van der Waals surface area contributed by atoms with Gasteiger partial charge >= 0.3 is 5.97 Å². The minimum absolute atomic E-state index is 0.412. The van der Waals surface area contributed by atoms with Crippen molar-refractivity contribution in [3.8, 4) is 5.75 Å². The Labute approximate surface area is 136 Å². The van der Waals surface area contributed by atoms with Gasteiger partial charge in [0.05, 0.1) is 19.1 Å². The summed E-state index contributed by atoms with van der Waals surface area (Å²) in [4.78, 5) is 12.1. The number of rotatable bonds is 4. The van der Waals surface area contributed by atoms with Crippen molar-refractivity contribution < 1.29 is 19.7 Å². The van der Waals surface area contributed by atoms with Gasteiger partial charge in [-0.05, 0) is 37.1 Å². The van der Waals surface area contributed by atoms with E-state index in [1.54, 1.807) is 30.8 Å². The maximum absolute atomic E-state index is 11.2. The van der Waals surface area contributed by atoms with E-state index in [-0.39, 0.29) is 0 Å². The molecule has 0 aromatic heterocycles. The Morgan fingerprint density at radius 3 is 2.81 bits per heavy atom. The van der Waals surface area contributed by atoms with Gasteiger partial charge in [-0.2, -0.15) is 0 Å². The second kappa shape index (κ2) is 6.85. The molecule has 114 valence electrons. The van der Waals surface area contributed by atoms with Crippen LogP contribution in [0, 0.1) is 0 Å². The quantitative estimate of drug-likeness (QED) is 0.846. The van der Waals surface area contributed by atoms with Crippen molar-refractivity contribution in [3.63, 3.8) is 0 Å². The fourth-order valence-corrected chi connectivity index (χ4v) is 3.73. The number of carbonyl (C=O) groups is 1. The van der Waals surface area contributed by atoms with E-state index in [1.807, 2.05) is 6.08 Å². The number of aliphatic carboxylic acids is 1. The Morgan fingerprint density at radius 2 is 2.29 bits per heavy atom. The molecule has 1 aromatic rings. The van der Waals surface area contributed by atoms with E-state index in [1.165, 1.54) is 7.11 Å². The zero-order valence-corrected chi connectivity index (χ0v) is 14.2. The number of thioether (sulfide) groups is 1. The molecular formula is C15H17BrO4S. The van der Waals surface area contributed by atoms with Crippen LogP contribution in [0.2, 0.25) is 0 Å². The first-order valence-corrected chi connectivity index (χ1v) is 8.34. The van der Waals surface area contributed by atoms with Gasteiger partial charge in [-0.1, -0.05) is 15.9 Å². The summed E-state index contributed by atoms with van der Waals surface area (Å²) in [6.07, 6.45) is 2.27. The second-order valence-electron chi connectivity index (χ2n) is 4.88. The summed E-state index contributed by atoms with van der Waals surface area (Å²) in [5.74, 6) is -0.0921. The number of carboxylic acids is 1. The zero-order valence-electron chi connectivity index (χ0n) is 11.8. The van der Waals surface area contributed by atoms with Gasteiger partial charge in [0, 0.05) is 20.7 Å². The largest absolute Gasteiger partial charge is 0.496 e. The Kier molecular flexibility index (Phi) is 5.35. The summed E-state index contributed by atoms with van der Waals surface area (Å²) < 4.78 is 6.11. The van der Waals surface area contributed by atoms with Gasteiger partial charge in [0.25, 0.3) is 0 Å². The molecule has 2 unspecified atom stereocenters. The third-order valence-corrected chi connectivity index (χ3v) is 5.32. The Bertz CT molecular complexity index is 585. The molecule has 21 heavy (non-hydrogen) atoms. The first-order chi connectivity index (χ1) is 9.93. The van der Waals surface area contributed by atoms with Crippen molar-refractivity contribution in [1.82, 2.24) is 0 Å². The maximum Gasteiger partial charge on any atom is 0.310 e. The Morgan fingerprint density at radius 1 is 1.57 bits per heavy atom. The van der Waals surface area contributed by atoms with Gasteiger partial charge in [-0.3, -0.25) is 4.79 Å². The fourth-order valence-electron chi connectivity index (χ4n) is 2.16. The molecule has 0 radical (unpaired) electrons. The van der Waals surface area contributed by atoms with E-state index in [2.05, 4.69) is 15.9 Å². The molecule has 1 aliphatic rings. The summed E-state index contributed by atoms with van der Waals surface area (Å²) in [5, 5.41) is 19.0. The van der Waals surface area contributed by atoms with Crippen LogP contribution >= 0.6 is 27.7 Å². The standard InChI is InChI=1S/C15H17BrO4S/c1-8(15(18)19)10-7-11(16)9(5-13(10)20-2)6-14-12(17)3-4-21-14/h5-8,12,17H,3-4H2,1-2H3,(H,18,19). The molecule has 0 saturated carbocycles. The average Bonchev–Trinajstić information content (AvgIpc) is 2.85. The number of aliphatic hydroxyl groups is 1. The summed E-state index contributed by atoms with van der Waals surface area (Å²) in [6, 6.07) is 3.58. The van der Waals surface area contributed by atoms with Crippen LogP contribution in [-0.2, 0) is 4.79 Å². The topological polar surface area (TPSA) is 66.8 Å². The molecule has 1 aromatic carbocycles. The second-order valence-corrected chi connectivity index (χ2v) is 6.90. The van der Waals surface area contributed by atoms with Crippen molar-refractivity contribution in [2.75, 3.05) is 12.9 Å². The van der Waals surface area contributed by atoms with Gasteiger partial charge in [0.2, 0.25) is 0 Å². The van der Waals surface area contributed by atoms with Crippen molar-refractivity contribution in [1.29, 1.82) is 0 Å². The minimum Gasteiger partial charge on any atom is -0.496 e. The number of hydrogen-bond acceptors (Lipinski definition) is 4. The molecule has 1 saturated heterocycles. The molecule has 1 aliphatic heterocycles. The van der Waals surface area contributed by atoms with E-state index in [9.17, 15) is 9.90 Å². The molecule has 1 heterocycles. The molecule has 2 atom stereocenters. The number of benzene rings is 1. The third kappa shape index (κ3) is 3.62. The smallest absolute Gasteiger partial charge is 0.310 e. The fraction of sp³-hybridized carbons (Fsp3) is 0.400. The lowest BCUT2D eigenvalue weighted by atomic mass is 9.98. The van der Waals surface area contributed by atoms with E-state index in [0.717, 1.165) is 27.1 Å². The van der Waals surface area contributed by atoms with Crippen molar-refractivity contribution in [2.24, 2.45) is 0 Å². The van der Waals surface area contributed by atoms with Crippen LogP contribution in [0.5, 0.6) is 5.75 Å². The van der Waals surface area contributed by atoms with Gasteiger partial charge in [0.15, 0.2) is 0 Å². The zero-order chi connectivity index (χ0) is 15.6. The highest BCUT2D eigenvalue weighted by Crippen LogP contribution is 2.37. The monoisotopic (exact) mass is 372 g/mol. The van der Waals surface area contributed by atoms with Crippen LogP contribution in [0.15, 0.2) is 21.5 Å². The van der Waals surface area contributed by atoms with Crippen LogP contribution in [0.4, 0.5) is 0 Å². The van der Waals surface area contributed by atoms with Crippen LogP contribution in [0.3, 0.4) is 0 Å². The molecule has 0 aliphatic carbocycles. The Hall–Kier alpha value is -0.980. The highest BCUT2D eigenvalue weighted by atomic mass is 79.9. The number of halogens is 1. The number of methoxy groups -OCH3 is 1. The summed E-state index contributed by atoms with van der Waals surface area (Å²) in [7, 11) is 1.53. The van der Waals surface area contributed by atoms with Gasteiger partial charge in [-0.25, -0.2) is 0 Å². The van der Waals surface area contributed by atoms with Crippen molar-refractivity contribution in [3.05, 3.63) is 32.6 Å². The highest BCUT2D eigenvalue weighted by molar-refractivity contribution is 9.10. The first-order valence-electron chi connectivity index (χ1n) is 6.56. The SMILES string of the molecule is COc1cc(C=C2SCCC2O)c(Br)cc1C(C)C(=O)O. The van der Waals surface area contributed by atoms with Gasteiger partial charge in [-0.15, -0.1) is 11.8 Å². The van der Waals surface area contributed by atoms with Crippen LogP contribution in [0.1, 0.15) is 30.4 Å². The number of ether oxygens (including phenoxy) is 1. The van der Waals surface area contributed by atoms with E-state index < -0.39 is 18.0 Å². The van der Waals surface area contributed by atoms with E-state index in [4.69, 9.17) is 9.84 Å². The predicted octanol–water partition coefficient (Wildman–Crippen LogP) is 3.48. The van der Waals surface area contributed by atoms with Crippen molar-refractivity contribution in [2.45, 2.75) is 25.4 Å². The van der Waals surface area contributed by atoms with Crippen LogP contribution in [0.25, 0.3) is 6.08 Å². The van der Waals surface area contributed by atoms with Crippen molar-refractivity contribution >= 4 is 39.7 Å². The summed E-state index contributed by atoms with van der Waals surface area (Å²) in [5.41, 5.74) is 1.50. The van der Waals surface area contributed by atoms with E-state index in [0.29, 0.717) is 11.3 Å². The summed E-state index contributed by atoms with van der Waals surface area (Å²) in [6.45, 7) is 1.63. The van der Waals surface area contributed by atoms with E-state index >= 15 is 0 Å². The lowest BCUT2D eigenvalue weighted by Gasteiger charge is -2.15. The number of carboxylic acid groups (broad SMARTS) is 1. The predicted molar refractivity (Wildman–Crippen MR) is 87.8 cm³/mol.